The molecule has 41 heavy (non-hydrogen) atoms. The lowest BCUT2D eigenvalue weighted by Crippen LogP contribution is -2.47. The number of amides is 2. The molecule has 3 N–H and O–H groups in total. The molecule has 3 aromatic heterocycles. The average molecular weight is 591 g/mol. The number of hydrogen-bond acceptors (Lipinski definition) is 10. The van der Waals surface area contributed by atoms with Crippen LogP contribution >= 0.6 is 23.1 Å². The molecule has 0 radical (unpaired) electrons. The van der Waals surface area contributed by atoms with Gasteiger partial charge in [-0.15, -0.1) is 11.3 Å². The zero-order valence-corrected chi connectivity index (χ0v) is 23.5. The molecule has 0 spiro atoms. The van der Waals surface area contributed by atoms with Crippen molar-refractivity contribution in [3.8, 4) is 5.75 Å². The Kier molecular flexibility index (Phi) is 9.29. The number of H-pyrrole nitrogens is 1. The number of nitrogens with zero attached hydrogens (tertiary/aromatic N) is 3. The van der Waals surface area contributed by atoms with Gasteiger partial charge in [0.2, 0.25) is 0 Å². The van der Waals surface area contributed by atoms with Crippen molar-refractivity contribution >= 4 is 51.5 Å². The topological polar surface area (TPSA) is 144 Å². The Hall–Kier alpha value is -4.62. The van der Waals surface area contributed by atoms with Gasteiger partial charge in [-0.25, -0.2) is 20.2 Å². The summed E-state index contributed by atoms with van der Waals surface area (Å²) in [6, 6.07) is 17.6. The number of thiazole rings is 1. The van der Waals surface area contributed by atoms with E-state index in [9.17, 15) is 9.59 Å². The van der Waals surface area contributed by atoms with Crippen LogP contribution in [-0.2, 0) is 22.6 Å². The molecule has 0 saturated carbocycles. The second-order valence-corrected chi connectivity index (χ2v) is 10.9. The van der Waals surface area contributed by atoms with E-state index in [0.29, 0.717) is 23.2 Å². The van der Waals surface area contributed by atoms with E-state index in [1.807, 2.05) is 55.5 Å². The summed E-state index contributed by atoms with van der Waals surface area (Å²) in [7, 11) is 0. The quantitative estimate of drug-likeness (QED) is 0.134. The van der Waals surface area contributed by atoms with E-state index in [1.165, 1.54) is 24.3 Å². The summed E-state index contributed by atoms with van der Waals surface area (Å²) in [5.74, 6) is 0.715. The molecule has 0 aliphatic carbocycles. The standard InChI is InChI=1S/C28H26N6O5S2/c1-2-37-20-8-10-22-24(13-20)40-28(33-22)41-25-11-9-21(39-25)15-31-34-26(35)23(12-19-14-29-17-30-19)32-27(36)38-16-18-6-4-3-5-7-18/h3-11,13-15,17,23H,2,12,16H2,1H3,(H,29,30)(H,32,36)(H,34,35)/b31-15-/t23-/m0/s1. The molecule has 5 rings (SSSR count). The number of rotatable bonds is 12. The van der Waals surface area contributed by atoms with Crippen molar-refractivity contribution < 1.29 is 23.5 Å². The Morgan fingerprint density at radius 1 is 1.20 bits per heavy atom. The van der Waals surface area contributed by atoms with Crippen molar-refractivity contribution in [3.05, 3.63) is 90.2 Å². The number of carbonyl (C=O) groups excluding carboxylic acids is 2. The van der Waals surface area contributed by atoms with E-state index < -0.39 is 18.0 Å². The van der Waals surface area contributed by atoms with Gasteiger partial charge < -0.3 is 24.2 Å². The Morgan fingerprint density at radius 3 is 2.88 bits per heavy atom. The first-order chi connectivity index (χ1) is 20.1. The maximum atomic E-state index is 12.9. The van der Waals surface area contributed by atoms with E-state index in [-0.39, 0.29) is 13.0 Å². The highest BCUT2D eigenvalue weighted by molar-refractivity contribution is 8.01. The Balaban J connectivity index is 1.16. The number of imidazole rings is 1. The maximum absolute atomic E-state index is 12.9. The third-order valence-electron chi connectivity index (χ3n) is 5.61. The van der Waals surface area contributed by atoms with Crippen LogP contribution in [0.15, 0.2) is 92.1 Å². The van der Waals surface area contributed by atoms with Crippen molar-refractivity contribution in [2.75, 3.05) is 6.61 Å². The Labute approximate surface area is 243 Å². The first-order valence-electron chi connectivity index (χ1n) is 12.6. The summed E-state index contributed by atoms with van der Waals surface area (Å²) >= 11 is 2.93. The number of aromatic nitrogens is 3. The molecule has 3 heterocycles. The molecule has 0 bridgehead atoms. The van der Waals surface area contributed by atoms with Crippen LogP contribution in [0.4, 0.5) is 4.79 Å². The molecule has 1 atom stereocenters. The largest absolute Gasteiger partial charge is 0.494 e. The van der Waals surface area contributed by atoms with Gasteiger partial charge in [-0.3, -0.25) is 4.79 Å². The molecule has 0 fully saturated rings. The summed E-state index contributed by atoms with van der Waals surface area (Å²) in [5.41, 5.74) is 4.83. The van der Waals surface area contributed by atoms with Crippen LogP contribution in [0, 0.1) is 0 Å². The van der Waals surface area contributed by atoms with Crippen LogP contribution in [0.2, 0.25) is 0 Å². The first kappa shape index (κ1) is 27.9. The fourth-order valence-electron chi connectivity index (χ4n) is 3.70. The van der Waals surface area contributed by atoms with Gasteiger partial charge in [0.25, 0.3) is 5.91 Å². The molecule has 13 heteroatoms. The van der Waals surface area contributed by atoms with E-state index in [0.717, 1.165) is 25.9 Å². The molecular formula is C28H26N6O5S2. The van der Waals surface area contributed by atoms with Crippen LogP contribution < -0.4 is 15.5 Å². The predicted octanol–water partition coefficient (Wildman–Crippen LogP) is 5.15. The molecule has 11 nitrogen and oxygen atoms in total. The molecule has 2 amide bonds. The van der Waals surface area contributed by atoms with Gasteiger partial charge in [-0.05, 0) is 54.6 Å². The summed E-state index contributed by atoms with van der Waals surface area (Å²) < 4.78 is 18.5. The van der Waals surface area contributed by atoms with Crippen molar-refractivity contribution in [2.45, 2.75) is 35.4 Å². The van der Waals surface area contributed by atoms with Gasteiger partial charge in [-0.2, -0.15) is 5.10 Å². The summed E-state index contributed by atoms with van der Waals surface area (Å²) in [6.45, 7) is 2.63. The number of ether oxygens (including phenoxy) is 2. The normalized spacial score (nSPS) is 11.9. The van der Waals surface area contributed by atoms with Crippen LogP contribution in [0.3, 0.4) is 0 Å². The SMILES string of the molecule is CCOc1ccc2nc(Sc3ccc(/C=N\NC(=O)[C@H](Cc4cnc[nH]4)NC(=O)OCc4ccccc4)o3)sc2c1. The lowest BCUT2D eigenvalue weighted by Gasteiger charge is -2.16. The van der Waals surface area contributed by atoms with Gasteiger partial charge in [-0.1, -0.05) is 30.3 Å². The van der Waals surface area contributed by atoms with E-state index in [1.54, 1.807) is 29.7 Å². The lowest BCUT2D eigenvalue weighted by atomic mass is 10.1. The number of carbonyl (C=O) groups is 2. The van der Waals surface area contributed by atoms with Crippen molar-refractivity contribution in [1.82, 2.24) is 25.7 Å². The third-order valence-corrected chi connectivity index (χ3v) is 7.61. The van der Waals surface area contributed by atoms with E-state index in [2.05, 4.69) is 30.8 Å². The highest BCUT2D eigenvalue weighted by Gasteiger charge is 2.22. The molecule has 5 aromatic rings. The zero-order valence-electron chi connectivity index (χ0n) is 21.9. The number of furan rings is 1. The Bertz CT molecular complexity index is 1620. The summed E-state index contributed by atoms with van der Waals surface area (Å²) in [5, 5.41) is 7.22. The molecule has 0 saturated heterocycles. The fraction of sp³-hybridized carbons (Fsp3) is 0.179. The summed E-state index contributed by atoms with van der Waals surface area (Å²) in [4.78, 5) is 36.8. The van der Waals surface area contributed by atoms with Gasteiger partial charge >= 0.3 is 6.09 Å². The van der Waals surface area contributed by atoms with Crippen LogP contribution in [0.1, 0.15) is 23.9 Å². The number of aromatic amines is 1. The first-order valence-corrected chi connectivity index (χ1v) is 14.3. The monoisotopic (exact) mass is 590 g/mol. The second kappa shape index (κ2) is 13.6. The molecular weight excluding hydrogens is 564 g/mol. The Morgan fingerprint density at radius 2 is 2.07 bits per heavy atom. The van der Waals surface area contributed by atoms with Gasteiger partial charge in [0.15, 0.2) is 9.43 Å². The van der Waals surface area contributed by atoms with Crippen molar-refractivity contribution in [2.24, 2.45) is 5.10 Å². The zero-order chi connectivity index (χ0) is 28.4. The number of benzene rings is 2. The van der Waals surface area contributed by atoms with Gasteiger partial charge in [0.05, 0.1) is 29.4 Å². The van der Waals surface area contributed by atoms with Gasteiger partial charge in [0.1, 0.15) is 24.2 Å². The van der Waals surface area contributed by atoms with Crippen molar-refractivity contribution in [1.29, 1.82) is 0 Å². The van der Waals surface area contributed by atoms with Crippen LogP contribution in [-0.4, -0.2) is 45.8 Å². The second-order valence-electron chi connectivity index (χ2n) is 8.58. The van der Waals surface area contributed by atoms with E-state index in [4.69, 9.17) is 13.9 Å². The number of nitrogens with one attached hydrogen (secondary N) is 3. The number of hydrogen-bond donors (Lipinski definition) is 3. The highest BCUT2D eigenvalue weighted by Crippen LogP contribution is 2.36. The molecule has 0 unspecified atom stereocenters. The third kappa shape index (κ3) is 7.96. The average Bonchev–Trinajstić information content (AvgIpc) is 3.74. The predicted molar refractivity (Wildman–Crippen MR) is 155 cm³/mol. The minimum absolute atomic E-state index is 0.0768. The molecule has 210 valence electrons. The number of alkyl carbamates (subject to hydrolysis) is 1. The molecule has 0 aliphatic heterocycles. The lowest BCUT2D eigenvalue weighted by molar-refractivity contribution is -0.123. The number of hydrazone groups is 1. The van der Waals surface area contributed by atoms with Crippen LogP contribution in [0.5, 0.6) is 5.75 Å². The van der Waals surface area contributed by atoms with E-state index >= 15 is 0 Å². The maximum Gasteiger partial charge on any atom is 0.408 e. The molecule has 2 aromatic carbocycles. The molecule has 0 aliphatic rings. The van der Waals surface area contributed by atoms with Gasteiger partial charge in [0, 0.05) is 18.3 Å². The number of fused-ring (bicyclic) bond motifs is 1. The van der Waals surface area contributed by atoms with Crippen molar-refractivity contribution in [3.63, 3.8) is 0 Å². The van der Waals surface area contributed by atoms with Crippen LogP contribution in [0.25, 0.3) is 10.2 Å². The highest BCUT2D eigenvalue weighted by atomic mass is 32.2. The smallest absolute Gasteiger partial charge is 0.408 e. The fourth-order valence-corrected chi connectivity index (χ4v) is 5.70. The summed E-state index contributed by atoms with van der Waals surface area (Å²) in [6.07, 6.45) is 3.89. The minimum Gasteiger partial charge on any atom is -0.494 e. The minimum atomic E-state index is -0.958.